The lowest BCUT2D eigenvalue weighted by Crippen LogP contribution is -2.46. The van der Waals surface area contributed by atoms with Crippen molar-refractivity contribution in [2.24, 2.45) is 5.10 Å². The number of benzene rings is 3. The maximum Gasteiger partial charge on any atom is 0.161 e. The van der Waals surface area contributed by atoms with Crippen LogP contribution in [0.15, 0.2) is 84.0 Å². The molecule has 0 aromatic heterocycles. The van der Waals surface area contributed by atoms with Gasteiger partial charge in [-0.25, -0.2) is 0 Å². The molecule has 0 bridgehead atoms. The molecule has 0 saturated carbocycles. The highest BCUT2D eigenvalue weighted by Gasteiger charge is 2.26. The summed E-state index contributed by atoms with van der Waals surface area (Å²) >= 11 is 0. The molecule has 0 atom stereocenters. The molecule has 1 aliphatic heterocycles. The Hall–Kier alpha value is -3.31. The second-order valence-corrected chi connectivity index (χ2v) is 7.97. The second-order valence-electron chi connectivity index (χ2n) is 7.97. The fourth-order valence-corrected chi connectivity index (χ4v) is 4.29. The van der Waals surface area contributed by atoms with E-state index in [9.17, 15) is 0 Å². The van der Waals surface area contributed by atoms with Gasteiger partial charge in [0.25, 0.3) is 0 Å². The number of nitrogens with zero attached hydrogens (tertiary/aromatic N) is 3. The van der Waals surface area contributed by atoms with Crippen LogP contribution in [0.4, 0.5) is 0 Å². The van der Waals surface area contributed by atoms with Crippen molar-refractivity contribution in [1.29, 1.82) is 0 Å². The number of ether oxygens (including phenoxy) is 2. The summed E-state index contributed by atoms with van der Waals surface area (Å²) < 4.78 is 10.8. The van der Waals surface area contributed by atoms with E-state index in [1.165, 1.54) is 11.1 Å². The number of piperazine rings is 1. The normalized spacial score (nSPS) is 15.1. The van der Waals surface area contributed by atoms with Gasteiger partial charge in [0.05, 0.1) is 26.0 Å². The Balaban J connectivity index is 1.48. The van der Waals surface area contributed by atoms with Crippen molar-refractivity contribution in [1.82, 2.24) is 9.91 Å². The number of hydrogen-bond donors (Lipinski definition) is 0. The van der Waals surface area contributed by atoms with Crippen LogP contribution in [-0.4, -0.2) is 56.0 Å². The van der Waals surface area contributed by atoms with Gasteiger partial charge in [0, 0.05) is 31.7 Å². The average Bonchev–Trinajstić information content (AvgIpc) is 2.86. The molecule has 166 valence electrons. The Kier molecular flexibility index (Phi) is 7.07. The van der Waals surface area contributed by atoms with Crippen molar-refractivity contribution in [3.63, 3.8) is 0 Å². The molecule has 32 heavy (non-hydrogen) atoms. The van der Waals surface area contributed by atoms with Crippen LogP contribution in [0.25, 0.3) is 0 Å². The first kappa shape index (κ1) is 21.9. The minimum atomic E-state index is 0.260. The highest BCUT2D eigenvalue weighted by molar-refractivity contribution is 5.99. The first-order chi connectivity index (χ1) is 15.7. The summed E-state index contributed by atoms with van der Waals surface area (Å²) in [4.78, 5) is 2.56. The van der Waals surface area contributed by atoms with Crippen molar-refractivity contribution < 1.29 is 9.47 Å². The van der Waals surface area contributed by atoms with E-state index in [0.29, 0.717) is 0 Å². The van der Waals surface area contributed by atoms with E-state index in [1.54, 1.807) is 14.2 Å². The molecule has 0 aliphatic carbocycles. The monoisotopic (exact) mass is 429 g/mol. The summed E-state index contributed by atoms with van der Waals surface area (Å²) in [6.07, 6.45) is 0. The number of rotatable bonds is 7. The Morgan fingerprint density at radius 1 is 0.750 bits per heavy atom. The van der Waals surface area contributed by atoms with E-state index in [-0.39, 0.29) is 6.04 Å². The summed E-state index contributed by atoms with van der Waals surface area (Å²) in [6, 6.07) is 27.7. The molecule has 1 heterocycles. The van der Waals surface area contributed by atoms with Crippen LogP contribution in [0, 0.1) is 0 Å². The number of hydrogen-bond acceptors (Lipinski definition) is 5. The van der Waals surface area contributed by atoms with Gasteiger partial charge in [0.2, 0.25) is 0 Å². The summed E-state index contributed by atoms with van der Waals surface area (Å²) in [7, 11) is 3.30. The lowest BCUT2D eigenvalue weighted by Gasteiger charge is -2.39. The highest BCUT2D eigenvalue weighted by atomic mass is 16.5. The molecule has 0 unspecified atom stereocenters. The quantitative estimate of drug-likeness (QED) is 0.504. The standard InChI is InChI=1S/C27H31N3O2/c1-21(24-14-15-25(31-2)26(20-24)32-3)28-30-18-16-29(17-19-30)27(22-10-6-4-7-11-22)23-12-8-5-9-13-23/h4-15,20,27H,16-19H2,1-3H3/b28-21-. The minimum absolute atomic E-state index is 0.260. The number of methoxy groups -OCH3 is 2. The predicted octanol–water partition coefficient (Wildman–Crippen LogP) is 4.84. The molecule has 0 N–H and O–H groups in total. The molecule has 1 fully saturated rings. The van der Waals surface area contributed by atoms with E-state index < -0.39 is 0 Å². The Labute approximate surface area is 190 Å². The fraction of sp³-hybridized carbons (Fsp3) is 0.296. The van der Waals surface area contributed by atoms with E-state index in [4.69, 9.17) is 14.6 Å². The van der Waals surface area contributed by atoms with E-state index in [1.807, 2.05) is 25.1 Å². The SMILES string of the molecule is COc1ccc(/C(C)=N\N2CCN(C(c3ccccc3)c3ccccc3)CC2)cc1OC. The van der Waals surface area contributed by atoms with Gasteiger partial charge in [-0.1, -0.05) is 60.7 Å². The van der Waals surface area contributed by atoms with Gasteiger partial charge in [-0.15, -0.1) is 0 Å². The molecular weight excluding hydrogens is 398 g/mol. The van der Waals surface area contributed by atoms with E-state index in [2.05, 4.69) is 70.6 Å². The first-order valence-corrected chi connectivity index (χ1v) is 11.1. The van der Waals surface area contributed by atoms with Gasteiger partial charge in [0.15, 0.2) is 11.5 Å². The van der Waals surface area contributed by atoms with Crippen molar-refractivity contribution in [3.8, 4) is 11.5 Å². The lowest BCUT2D eigenvalue weighted by molar-refractivity contribution is 0.112. The molecule has 1 aliphatic rings. The predicted molar refractivity (Wildman–Crippen MR) is 130 cm³/mol. The molecule has 5 heteroatoms. The highest BCUT2D eigenvalue weighted by Crippen LogP contribution is 2.30. The topological polar surface area (TPSA) is 37.3 Å². The van der Waals surface area contributed by atoms with E-state index in [0.717, 1.165) is 49.0 Å². The molecule has 0 spiro atoms. The minimum Gasteiger partial charge on any atom is -0.493 e. The first-order valence-electron chi connectivity index (χ1n) is 11.1. The third kappa shape index (κ3) is 4.94. The molecule has 3 aromatic carbocycles. The maximum atomic E-state index is 5.44. The molecular formula is C27H31N3O2. The third-order valence-corrected chi connectivity index (χ3v) is 5.98. The van der Waals surface area contributed by atoms with Gasteiger partial charge < -0.3 is 9.47 Å². The van der Waals surface area contributed by atoms with Gasteiger partial charge in [0.1, 0.15) is 0 Å². The van der Waals surface area contributed by atoms with Crippen LogP contribution in [-0.2, 0) is 0 Å². The van der Waals surface area contributed by atoms with Crippen LogP contribution in [0.1, 0.15) is 29.7 Å². The molecule has 0 radical (unpaired) electrons. The molecule has 5 nitrogen and oxygen atoms in total. The van der Waals surface area contributed by atoms with Crippen LogP contribution in [0.5, 0.6) is 11.5 Å². The van der Waals surface area contributed by atoms with Gasteiger partial charge in [-0.3, -0.25) is 9.91 Å². The summed E-state index contributed by atoms with van der Waals surface area (Å²) in [5.74, 6) is 1.45. The summed E-state index contributed by atoms with van der Waals surface area (Å²) in [5, 5.41) is 7.08. The Morgan fingerprint density at radius 3 is 1.84 bits per heavy atom. The fourth-order valence-electron chi connectivity index (χ4n) is 4.29. The largest absolute Gasteiger partial charge is 0.493 e. The molecule has 3 aromatic rings. The van der Waals surface area contributed by atoms with Gasteiger partial charge in [-0.05, 0) is 36.2 Å². The average molecular weight is 430 g/mol. The third-order valence-electron chi connectivity index (χ3n) is 5.98. The van der Waals surface area contributed by atoms with Crippen molar-refractivity contribution >= 4 is 5.71 Å². The van der Waals surface area contributed by atoms with Crippen molar-refractivity contribution in [2.45, 2.75) is 13.0 Å². The summed E-state index contributed by atoms with van der Waals surface area (Å²) in [6.45, 7) is 5.74. The zero-order valence-electron chi connectivity index (χ0n) is 19.1. The Morgan fingerprint density at radius 2 is 1.31 bits per heavy atom. The van der Waals surface area contributed by atoms with E-state index >= 15 is 0 Å². The zero-order chi connectivity index (χ0) is 22.3. The summed E-state index contributed by atoms with van der Waals surface area (Å²) in [5.41, 5.74) is 4.67. The zero-order valence-corrected chi connectivity index (χ0v) is 19.1. The van der Waals surface area contributed by atoms with Crippen LogP contribution >= 0.6 is 0 Å². The lowest BCUT2D eigenvalue weighted by atomic mass is 9.96. The van der Waals surface area contributed by atoms with Crippen LogP contribution in [0.3, 0.4) is 0 Å². The molecule has 0 amide bonds. The van der Waals surface area contributed by atoms with Gasteiger partial charge >= 0.3 is 0 Å². The molecule has 1 saturated heterocycles. The number of hydrazone groups is 1. The van der Waals surface area contributed by atoms with Gasteiger partial charge in [-0.2, -0.15) is 5.10 Å². The second kappa shape index (κ2) is 10.3. The smallest absolute Gasteiger partial charge is 0.161 e. The van der Waals surface area contributed by atoms with Crippen molar-refractivity contribution in [3.05, 3.63) is 95.6 Å². The molecule has 4 rings (SSSR count). The van der Waals surface area contributed by atoms with Crippen LogP contribution < -0.4 is 9.47 Å². The Bertz CT molecular complexity index is 990. The maximum absolute atomic E-state index is 5.44. The van der Waals surface area contributed by atoms with Crippen molar-refractivity contribution in [2.75, 3.05) is 40.4 Å². The van der Waals surface area contributed by atoms with Crippen LogP contribution in [0.2, 0.25) is 0 Å².